The van der Waals surface area contributed by atoms with Crippen LogP contribution < -0.4 is 21.9 Å². The summed E-state index contributed by atoms with van der Waals surface area (Å²) in [5.41, 5.74) is 5.20. The molecule has 1 aromatic heterocycles. The van der Waals surface area contributed by atoms with Gasteiger partial charge in [-0.2, -0.15) is 10.0 Å². The van der Waals surface area contributed by atoms with Crippen molar-refractivity contribution in [3.05, 3.63) is 10.4 Å². The third-order valence-corrected chi connectivity index (χ3v) is 3.98. The number of rotatable bonds is 2. The van der Waals surface area contributed by atoms with E-state index < -0.39 is 23.8 Å². The number of fused-ring (bicyclic) bond motifs is 1. The Balaban J connectivity index is 0.000000249. The number of anilines is 3. The van der Waals surface area contributed by atoms with E-state index in [0.29, 0.717) is 12.4 Å². The van der Waals surface area contributed by atoms with E-state index in [0.717, 1.165) is 31.0 Å². The number of nitrogens with one attached hydrogen (secondary N) is 3. The van der Waals surface area contributed by atoms with Crippen LogP contribution in [0.3, 0.4) is 0 Å². The van der Waals surface area contributed by atoms with Gasteiger partial charge in [0.15, 0.2) is 5.82 Å². The first-order valence-corrected chi connectivity index (χ1v) is 8.07. The van der Waals surface area contributed by atoms with E-state index in [4.69, 9.17) is 5.73 Å². The van der Waals surface area contributed by atoms with Gasteiger partial charge < -0.3 is 26.6 Å². The first-order valence-electron chi connectivity index (χ1n) is 8.07. The number of nitrogen functional groups attached to an aromatic ring is 1. The average Bonchev–Trinajstić information content (AvgIpc) is 2.55. The maximum Gasteiger partial charge on any atom is 0.277 e. The van der Waals surface area contributed by atoms with Gasteiger partial charge in [0.2, 0.25) is 5.95 Å². The van der Waals surface area contributed by atoms with Crippen molar-refractivity contribution in [1.29, 1.82) is 0 Å². The fourth-order valence-corrected chi connectivity index (χ4v) is 2.60. The first-order chi connectivity index (χ1) is 11.4. The van der Waals surface area contributed by atoms with Crippen LogP contribution >= 0.6 is 0 Å². The lowest BCUT2D eigenvalue weighted by Crippen LogP contribution is -2.48. The topological polar surface area (TPSA) is 159 Å². The second-order valence-electron chi connectivity index (χ2n) is 6.03. The molecule has 0 spiro atoms. The van der Waals surface area contributed by atoms with Gasteiger partial charge in [0.05, 0.1) is 12.1 Å². The summed E-state index contributed by atoms with van der Waals surface area (Å²) >= 11 is 0. The van der Waals surface area contributed by atoms with E-state index in [1.54, 1.807) is 0 Å². The average molecular weight is 341 g/mol. The predicted octanol–water partition coefficient (Wildman–Crippen LogP) is -0.882. The fraction of sp³-hybridized carbons (Fsp3) is 0.714. The zero-order chi connectivity index (χ0) is 17.7. The molecule has 0 amide bonds. The minimum Gasteiger partial charge on any atom is -0.391 e. The van der Waals surface area contributed by atoms with Gasteiger partial charge in [0.1, 0.15) is 11.8 Å². The number of aliphatic hydroxyl groups is 2. The molecular weight excluding hydrogens is 316 g/mol. The highest BCUT2D eigenvalue weighted by molar-refractivity contribution is 5.67. The van der Waals surface area contributed by atoms with Gasteiger partial charge in [0, 0.05) is 19.6 Å². The van der Waals surface area contributed by atoms with E-state index in [1.165, 1.54) is 13.3 Å². The van der Waals surface area contributed by atoms with Crippen molar-refractivity contribution in [2.45, 2.75) is 44.4 Å². The summed E-state index contributed by atoms with van der Waals surface area (Å²) in [6.45, 7) is 3.35. The molecule has 24 heavy (non-hydrogen) atoms. The number of hydroxylamine groups is 2. The molecule has 3 atom stereocenters. The molecule has 1 fully saturated rings. The number of H-pyrrole nitrogens is 1. The maximum absolute atomic E-state index is 11.6. The van der Waals surface area contributed by atoms with E-state index in [1.807, 2.05) is 0 Å². The molecule has 10 nitrogen and oxygen atoms in total. The number of piperidine rings is 1. The molecule has 1 saturated heterocycles. The van der Waals surface area contributed by atoms with Crippen molar-refractivity contribution >= 4 is 17.5 Å². The van der Waals surface area contributed by atoms with Crippen molar-refractivity contribution in [3.8, 4) is 0 Å². The molecule has 0 aromatic carbocycles. The number of nitrogens with zero attached hydrogens (tertiary/aromatic N) is 2. The zero-order valence-corrected chi connectivity index (χ0v) is 13.7. The van der Waals surface area contributed by atoms with Crippen LogP contribution in [-0.2, 0) is 5.21 Å². The van der Waals surface area contributed by atoms with Gasteiger partial charge >= 0.3 is 0 Å². The van der Waals surface area contributed by atoms with Crippen molar-refractivity contribution in [2.75, 3.05) is 36.0 Å². The monoisotopic (exact) mass is 341 g/mol. The molecule has 0 bridgehead atoms. The number of nitrogens with two attached hydrogens (primary N) is 1. The number of hydrogen-bond donors (Lipinski definition) is 6. The van der Waals surface area contributed by atoms with Crippen LogP contribution in [0.4, 0.5) is 17.5 Å². The smallest absolute Gasteiger partial charge is 0.277 e. The molecule has 0 aliphatic carbocycles. The third kappa shape index (κ3) is 4.81. The zero-order valence-electron chi connectivity index (χ0n) is 13.7. The van der Waals surface area contributed by atoms with E-state index in [-0.39, 0.29) is 11.6 Å². The first kappa shape index (κ1) is 18.5. The van der Waals surface area contributed by atoms with Gasteiger partial charge in [-0.05, 0) is 19.8 Å². The van der Waals surface area contributed by atoms with Gasteiger partial charge in [-0.1, -0.05) is 6.42 Å². The van der Waals surface area contributed by atoms with Crippen molar-refractivity contribution in [1.82, 2.24) is 15.0 Å². The van der Waals surface area contributed by atoms with Crippen molar-refractivity contribution in [2.24, 2.45) is 0 Å². The Morgan fingerprint density at radius 3 is 2.50 bits per heavy atom. The van der Waals surface area contributed by atoms with Crippen LogP contribution in [0.1, 0.15) is 26.2 Å². The molecule has 3 heterocycles. The summed E-state index contributed by atoms with van der Waals surface area (Å²) in [6, 6.07) is -0.464. The van der Waals surface area contributed by atoms with Gasteiger partial charge in [-0.3, -0.25) is 9.78 Å². The highest BCUT2D eigenvalue weighted by atomic mass is 16.5. The minimum atomic E-state index is -0.979. The van der Waals surface area contributed by atoms with Crippen molar-refractivity contribution in [3.63, 3.8) is 0 Å². The molecule has 1 radical (unpaired) electrons. The molecular formula is C14H25N6O4. The highest BCUT2D eigenvalue weighted by Gasteiger charge is 2.29. The van der Waals surface area contributed by atoms with Crippen LogP contribution in [-0.4, -0.2) is 63.1 Å². The van der Waals surface area contributed by atoms with Crippen LogP contribution in [0.5, 0.6) is 0 Å². The molecule has 135 valence electrons. The number of aromatic nitrogens is 2. The molecule has 0 saturated carbocycles. The van der Waals surface area contributed by atoms with Crippen LogP contribution in [0.25, 0.3) is 0 Å². The number of aromatic amines is 1. The van der Waals surface area contributed by atoms with E-state index >= 15 is 0 Å². The molecule has 1 aromatic rings. The Morgan fingerprint density at radius 1 is 1.29 bits per heavy atom. The maximum atomic E-state index is 11.6. The standard InChI is InChI=1S/C9H15N5O3.C5H10NO/c1-3(15)6(16)4-2-11-7-5(12-4)8(17)14-9(10)13-7;7-6-4-2-1-3-5-6/h3-4,6,12,15-16H,2H2,1H3,(H4,10,11,13,14,17);1-5H2. The molecule has 2 aliphatic heterocycles. The summed E-state index contributed by atoms with van der Waals surface area (Å²) in [5, 5.41) is 36.3. The molecule has 7 N–H and O–H groups in total. The van der Waals surface area contributed by atoms with Gasteiger partial charge in [-0.15, -0.1) is 5.21 Å². The van der Waals surface area contributed by atoms with E-state index in [2.05, 4.69) is 20.6 Å². The SMILES string of the molecule is CC(O)C(O)C1CNc2nc(N)[nH]c(=O)c2N1.[O]N1CCCCC1. The largest absolute Gasteiger partial charge is 0.391 e. The van der Waals surface area contributed by atoms with E-state index in [9.17, 15) is 20.2 Å². The summed E-state index contributed by atoms with van der Waals surface area (Å²) < 4.78 is 0. The third-order valence-electron chi connectivity index (χ3n) is 3.98. The Morgan fingerprint density at radius 2 is 1.96 bits per heavy atom. The predicted molar refractivity (Wildman–Crippen MR) is 89.0 cm³/mol. The second kappa shape index (κ2) is 8.29. The Hall–Kier alpha value is -1.88. The summed E-state index contributed by atoms with van der Waals surface area (Å²) in [4.78, 5) is 17.9. The Bertz CT molecular complexity index is 587. The van der Waals surface area contributed by atoms with Crippen LogP contribution in [0, 0.1) is 0 Å². The quantitative estimate of drug-likeness (QED) is 0.404. The molecule has 10 heteroatoms. The minimum absolute atomic E-state index is 0.0255. The lowest BCUT2D eigenvalue weighted by Gasteiger charge is -2.31. The lowest BCUT2D eigenvalue weighted by molar-refractivity contribution is -0.166. The number of aliphatic hydroxyl groups excluding tert-OH is 2. The normalized spacial score (nSPS) is 22.9. The Labute approximate surface area is 139 Å². The lowest BCUT2D eigenvalue weighted by atomic mass is 10.0. The molecule has 3 rings (SSSR count). The van der Waals surface area contributed by atoms with Crippen molar-refractivity contribution < 1.29 is 15.4 Å². The Kier molecular flexibility index (Phi) is 6.37. The fourth-order valence-electron chi connectivity index (χ4n) is 2.60. The van der Waals surface area contributed by atoms with Gasteiger partial charge in [-0.25, -0.2) is 0 Å². The summed E-state index contributed by atoms with van der Waals surface area (Å²) in [7, 11) is 0. The molecule has 3 unspecified atom stereocenters. The molecule has 2 aliphatic rings. The summed E-state index contributed by atoms with van der Waals surface area (Å²) in [5.74, 6) is 0.373. The second-order valence-corrected chi connectivity index (χ2v) is 6.03. The highest BCUT2D eigenvalue weighted by Crippen LogP contribution is 2.21. The van der Waals surface area contributed by atoms with Gasteiger partial charge in [0.25, 0.3) is 5.56 Å². The van der Waals surface area contributed by atoms with Crippen LogP contribution in [0.2, 0.25) is 0 Å². The summed E-state index contributed by atoms with van der Waals surface area (Å²) in [6.07, 6.45) is 1.58. The number of hydrogen-bond acceptors (Lipinski definition) is 8. The van der Waals surface area contributed by atoms with Crippen LogP contribution in [0.15, 0.2) is 4.79 Å².